The summed E-state index contributed by atoms with van der Waals surface area (Å²) in [5.41, 5.74) is 2.12. The van der Waals surface area contributed by atoms with E-state index in [-0.39, 0.29) is 5.82 Å². The average Bonchev–Trinajstić information content (AvgIpc) is 3.05. The molecule has 1 aromatic carbocycles. The van der Waals surface area contributed by atoms with Crippen LogP contribution in [0.25, 0.3) is 0 Å². The molecule has 0 saturated heterocycles. The Hall–Kier alpha value is -1.91. The van der Waals surface area contributed by atoms with E-state index in [1.54, 1.807) is 6.07 Å². The largest absolute Gasteiger partial charge is 0.362 e. The van der Waals surface area contributed by atoms with Gasteiger partial charge in [0.1, 0.15) is 5.82 Å². The maximum atomic E-state index is 13.3. The van der Waals surface area contributed by atoms with E-state index in [1.807, 2.05) is 6.07 Å². The number of aryl methyl sites for hydroxylation is 1. The number of unbranched alkanes of at least 4 members (excludes halogenated alkanes) is 1. The van der Waals surface area contributed by atoms with Crippen LogP contribution >= 0.6 is 0 Å². The van der Waals surface area contributed by atoms with Crippen molar-refractivity contribution < 1.29 is 8.91 Å². The zero-order valence-electron chi connectivity index (χ0n) is 11.6. The second-order valence-electron chi connectivity index (χ2n) is 5.15. The molecule has 0 atom stereocenters. The van der Waals surface area contributed by atoms with E-state index in [9.17, 15) is 4.39 Å². The minimum atomic E-state index is -0.204. The second-order valence-corrected chi connectivity index (χ2v) is 5.15. The lowest BCUT2D eigenvalue weighted by atomic mass is 10.2. The molecule has 2 heterocycles. The predicted molar refractivity (Wildman–Crippen MR) is 74.1 cm³/mol. The van der Waals surface area contributed by atoms with Gasteiger partial charge in [0.15, 0.2) is 5.82 Å². The van der Waals surface area contributed by atoms with Gasteiger partial charge in [0.25, 0.3) is 0 Å². The fourth-order valence-electron chi connectivity index (χ4n) is 2.54. The average molecular weight is 275 g/mol. The fourth-order valence-corrected chi connectivity index (χ4v) is 2.54. The van der Waals surface area contributed by atoms with E-state index in [4.69, 9.17) is 4.52 Å². The van der Waals surface area contributed by atoms with E-state index in [1.165, 1.54) is 11.6 Å². The quantitative estimate of drug-likeness (QED) is 0.841. The molecule has 4 nitrogen and oxygen atoms in total. The van der Waals surface area contributed by atoms with E-state index < -0.39 is 0 Å². The van der Waals surface area contributed by atoms with Crippen molar-refractivity contribution in [3.05, 3.63) is 41.3 Å². The number of fused-ring (bicyclic) bond motifs is 1. The molecule has 1 aliphatic heterocycles. The molecular weight excluding hydrogens is 257 g/mol. The third-order valence-electron chi connectivity index (χ3n) is 3.63. The number of halogens is 1. The van der Waals surface area contributed by atoms with Crippen LogP contribution in [0.5, 0.6) is 0 Å². The summed E-state index contributed by atoms with van der Waals surface area (Å²) in [4.78, 5) is 6.49. The minimum absolute atomic E-state index is 0.204. The number of nitrogens with zero attached hydrogens (tertiary/aromatic N) is 3. The Bertz CT molecular complexity index is 597. The lowest BCUT2D eigenvalue weighted by Crippen LogP contribution is -2.20. The first kappa shape index (κ1) is 13.1. The van der Waals surface area contributed by atoms with Crippen molar-refractivity contribution in [1.82, 2.24) is 10.1 Å². The van der Waals surface area contributed by atoms with Gasteiger partial charge in [-0.05, 0) is 30.5 Å². The standard InChI is InChI=1S/C15H18FN3O/c1-2-3-4-14-17-15(20-18-14)10-19-8-7-11-5-6-12(16)9-13(11)19/h5-6,9H,2-4,7-8,10H2,1H3. The minimum Gasteiger partial charge on any atom is -0.362 e. The topological polar surface area (TPSA) is 42.2 Å². The Morgan fingerprint density at radius 1 is 1.40 bits per heavy atom. The van der Waals surface area contributed by atoms with Gasteiger partial charge < -0.3 is 9.42 Å². The van der Waals surface area contributed by atoms with Crippen molar-refractivity contribution in [3.63, 3.8) is 0 Å². The van der Waals surface area contributed by atoms with Crippen LogP contribution in [-0.4, -0.2) is 16.7 Å². The molecule has 3 rings (SSSR count). The van der Waals surface area contributed by atoms with Crippen molar-refractivity contribution in [1.29, 1.82) is 0 Å². The lowest BCUT2D eigenvalue weighted by Gasteiger charge is -2.16. The summed E-state index contributed by atoms with van der Waals surface area (Å²) in [6.45, 7) is 3.55. The van der Waals surface area contributed by atoms with Crippen LogP contribution < -0.4 is 4.90 Å². The summed E-state index contributed by atoms with van der Waals surface area (Å²) >= 11 is 0. The highest BCUT2D eigenvalue weighted by molar-refractivity contribution is 5.57. The highest BCUT2D eigenvalue weighted by Gasteiger charge is 2.21. The first-order chi connectivity index (χ1) is 9.76. The van der Waals surface area contributed by atoms with E-state index in [0.29, 0.717) is 12.4 Å². The molecule has 0 unspecified atom stereocenters. The number of hydrogen-bond donors (Lipinski definition) is 0. The molecule has 0 N–H and O–H groups in total. The fraction of sp³-hybridized carbons (Fsp3) is 0.467. The lowest BCUT2D eigenvalue weighted by molar-refractivity contribution is 0.371. The number of hydrogen-bond acceptors (Lipinski definition) is 4. The molecular formula is C15H18FN3O. The van der Waals surface area contributed by atoms with Gasteiger partial charge in [0, 0.05) is 18.7 Å². The second kappa shape index (κ2) is 5.61. The van der Waals surface area contributed by atoms with Gasteiger partial charge >= 0.3 is 0 Å². The Balaban J connectivity index is 1.70. The van der Waals surface area contributed by atoms with Crippen molar-refractivity contribution in [2.75, 3.05) is 11.4 Å². The molecule has 5 heteroatoms. The van der Waals surface area contributed by atoms with E-state index >= 15 is 0 Å². The maximum Gasteiger partial charge on any atom is 0.246 e. The Morgan fingerprint density at radius 3 is 3.15 bits per heavy atom. The SMILES string of the molecule is CCCCc1noc(CN2CCc3ccc(F)cc32)n1. The molecule has 0 aliphatic carbocycles. The first-order valence-electron chi connectivity index (χ1n) is 7.11. The molecule has 1 aliphatic rings. The van der Waals surface area contributed by atoms with Gasteiger partial charge in [0.2, 0.25) is 5.89 Å². The molecule has 0 radical (unpaired) electrons. The zero-order chi connectivity index (χ0) is 13.9. The number of benzene rings is 1. The van der Waals surface area contributed by atoms with Crippen molar-refractivity contribution in [2.24, 2.45) is 0 Å². The first-order valence-corrected chi connectivity index (χ1v) is 7.11. The van der Waals surface area contributed by atoms with E-state index in [2.05, 4.69) is 22.0 Å². The van der Waals surface area contributed by atoms with Crippen LogP contribution in [0.1, 0.15) is 37.0 Å². The molecule has 2 aromatic rings. The van der Waals surface area contributed by atoms with Crippen LogP contribution in [0, 0.1) is 5.82 Å². The Labute approximate surface area is 117 Å². The normalized spacial score (nSPS) is 13.8. The zero-order valence-corrected chi connectivity index (χ0v) is 11.6. The summed E-state index contributed by atoms with van der Waals surface area (Å²) in [7, 11) is 0. The molecule has 0 amide bonds. The molecule has 0 fully saturated rings. The summed E-state index contributed by atoms with van der Waals surface area (Å²) in [6.07, 6.45) is 3.97. The monoisotopic (exact) mass is 275 g/mol. The molecule has 20 heavy (non-hydrogen) atoms. The van der Waals surface area contributed by atoms with Crippen molar-refractivity contribution >= 4 is 5.69 Å². The molecule has 0 spiro atoms. The third-order valence-corrected chi connectivity index (χ3v) is 3.63. The predicted octanol–water partition coefficient (Wildman–Crippen LogP) is 3.11. The van der Waals surface area contributed by atoms with Gasteiger partial charge in [0.05, 0.1) is 6.54 Å². The summed E-state index contributed by atoms with van der Waals surface area (Å²) < 4.78 is 18.6. The highest BCUT2D eigenvalue weighted by atomic mass is 19.1. The molecule has 1 aromatic heterocycles. The number of anilines is 1. The highest BCUT2D eigenvalue weighted by Crippen LogP contribution is 2.29. The van der Waals surface area contributed by atoms with E-state index in [0.717, 1.165) is 43.7 Å². The Kier molecular flexibility index (Phi) is 3.67. The van der Waals surface area contributed by atoms with Crippen LogP contribution in [0.4, 0.5) is 10.1 Å². The van der Waals surface area contributed by atoms with Crippen molar-refractivity contribution in [2.45, 2.75) is 39.2 Å². The smallest absolute Gasteiger partial charge is 0.246 e. The van der Waals surface area contributed by atoms with Gasteiger partial charge in [-0.25, -0.2) is 4.39 Å². The van der Waals surface area contributed by atoms with Gasteiger partial charge in [-0.3, -0.25) is 0 Å². The third kappa shape index (κ3) is 2.66. The molecule has 0 saturated carbocycles. The molecule has 0 bridgehead atoms. The van der Waals surface area contributed by atoms with Crippen LogP contribution in [-0.2, 0) is 19.4 Å². The summed E-state index contributed by atoms with van der Waals surface area (Å²) in [6, 6.07) is 4.94. The van der Waals surface area contributed by atoms with Gasteiger partial charge in [-0.2, -0.15) is 4.98 Å². The van der Waals surface area contributed by atoms with Crippen LogP contribution in [0.3, 0.4) is 0 Å². The summed E-state index contributed by atoms with van der Waals surface area (Å²) in [5, 5.41) is 3.98. The maximum absolute atomic E-state index is 13.3. The van der Waals surface area contributed by atoms with Crippen LogP contribution in [0.15, 0.2) is 22.7 Å². The van der Waals surface area contributed by atoms with Gasteiger partial charge in [-0.15, -0.1) is 0 Å². The molecule has 106 valence electrons. The Morgan fingerprint density at radius 2 is 2.30 bits per heavy atom. The van der Waals surface area contributed by atoms with Crippen molar-refractivity contribution in [3.8, 4) is 0 Å². The van der Waals surface area contributed by atoms with Crippen LogP contribution in [0.2, 0.25) is 0 Å². The summed E-state index contributed by atoms with van der Waals surface area (Å²) in [5.74, 6) is 1.17. The number of rotatable bonds is 5. The number of aromatic nitrogens is 2. The van der Waals surface area contributed by atoms with Gasteiger partial charge in [-0.1, -0.05) is 24.6 Å².